The van der Waals surface area contributed by atoms with Gasteiger partial charge in [0.1, 0.15) is 6.61 Å². The van der Waals surface area contributed by atoms with Gasteiger partial charge >= 0.3 is 0 Å². The number of rotatable bonds is 7. The molecule has 21 heavy (non-hydrogen) atoms. The maximum Gasteiger partial charge on any atom is 0.161 e. The average Bonchev–Trinajstić information content (AvgIpc) is 2.94. The first-order valence-corrected chi connectivity index (χ1v) is 7.10. The van der Waals surface area contributed by atoms with Crippen LogP contribution in [0.4, 0.5) is 0 Å². The van der Waals surface area contributed by atoms with E-state index in [4.69, 9.17) is 9.47 Å². The Morgan fingerprint density at radius 1 is 1.29 bits per heavy atom. The lowest BCUT2D eigenvalue weighted by Crippen LogP contribution is -2.08. The number of nitrogens with zero attached hydrogens (tertiary/aromatic N) is 2. The molecule has 0 aliphatic carbocycles. The maximum atomic E-state index is 5.89. The van der Waals surface area contributed by atoms with Crippen LogP contribution in [0.3, 0.4) is 0 Å². The summed E-state index contributed by atoms with van der Waals surface area (Å²) in [7, 11) is 3.58. The summed E-state index contributed by atoms with van der Waals surface area (Å²) < 4.78 is 13.4. The van der Waals surface area contributed by atoms with Crippen molar-refractivity contribution >= 4 is 0 Å². The Morgan fingerprint density at radius 3 is 2.76 bits per heavy atom. The van der Waals surface area contributed by atoms with E-state index in [0.29, 0.717) is 12.6 Å². The topological polar surface area (TPSA) is 48.3 Å². The van der Waals surface area contributed by atoms with Crippen LogP contribution in [0.2, 0.25) is 0 Å². The quantitative estimate of drug-likeness (QED) is 0.851. The van der Waals surface area contributed by atoms with E-state index < -0.39 is 0 Å². The summed E-state index contributed by atoms with van der Waals surface area (Å²) in [6.45, 7) is 5.52. The van der Waals surface area contributed by atoms with Gasteiger partial charge in [-0.1, -0.05) is 6.07 Å². The molecule has 0 aliphatic heterocycles. The highest BCUT2D eigenvalue weighted by atomic mass is 16.5. The minimum Gasteiger partial charge on any atom is -0.493 e. The Balaban J connectivity index is 2.10. The van der Waals surface area contributed by atoms with E-state index in [2.05, 4.69) is 28.7 Å². The fourth-order valence-corrected chi connectivity index (χ4v) is 2.21. The molecule has 0 bridgehead atoms. The molecule has 2 aromatic rings. The number of hydrogen-bond donors (Lipinski definition) is 1. The molecule has 1 aromatic heterocycles. The molecule has 5 nitrogen and oxygen atoms in total. The van der Waals surface area contributed by atoms with E-state index in [1.165, 1.54) is 0 Å². The van der Waals surface area contributed by atoms with E-state index in [-0.39, 0.29) is 0 Å². The molecule has 0 saturated carbocycles. The summed E-state index contributed by atoms with van der Waals surface area (Å²) in [5, 5.41) is 3.12. The lowest BCUT2D eigenvalue weighted by Gasteiger charge is -2.15. The lowest BCUT2D eigenvalue weighted by atomic mass is 10.2. The summed E-state index contributed by atoms with van der Waals surface area (Å²) in [5.74, 6) is 1.49. The summed E-state index contributed by atoms with van der Waals surface area (Å²) in [6, 6.07) is 6.34. The van der Waals surface area contributed by atoms with Crippen molar-refractivity contribution in [2.45, 2.75) is 33.0 Å². The normalized spacial score (nSPS) is 10.9. The molecule has 0 radical (unpaired) electrons. The third-order valence-electron chi connectivity index (χ3n) is 3.29. The molecule has 0 aliphatic rings. The molecular weight excluding hydrogens is 266 g/mol. The smallest absolute Gasteiger partial charge is 0.161 e. The van der Waals surface area contributed by atoms with Crippen LogP contribution in [-0.2, 0) is 13.2 Å². The van der Waals surface area contributed by atoms with E-state index in [1.807, 2.05) is 37.8 Å². The minimum atomic E-state index is 0.367. The van der Waals surface area contributed by atoms with Gasteiger partial charge in [-0.25, -0.2) is 4.98 Å². The Kier molecular flexibility index (Phi) is 5.22. The van der Waals surface area contributed by atoms with Crippen LogP contribution >= 0.6 is 0 Å². The highest BCUT2D eigenvalue weighted by Crippen LogP contribution is 2.29. The van der Waals surface area contributed by atoms with E-state index in [0.717, 1.165) is 29.3 Å². The summed E-state index contributed by atoms with van der Waals surface area (Å²) in [5.41, 5.74) is 2.21. The van der Waals surface area contributed by atoms with Crippen molar-refractivity contribution in [3.05, 3.63) is 42.0 Å². The molecule has 0 amide bonds. The molecule has 1 heterocycles. The first-order valence-electron chi connectivity index (χ1n) is 7.10. The first kappa shape index (κ1) is 15.4. The van der Waals surface area contributed by atoms with Gasteiger partial charge in [-0.05, 0) is 38.6 Å². The van der Waals surface area contributed by atoms with E-state index in [1.54, 1.807) is 7.11 Å². The second-order valence-electron chi connectivity index (χ2n) is 5.19. The first-order chi connectivity index (χ1) is 10.2. The Hall–Kier alpha value is -2.01. The zero-order valence-corrected chi connectivity index (χ0v) is 13.1. The average molecular weight is 289 g/mol. The SMILES string of the molecule is CNCc1ccc(OCc2cncn2C(C)C)c(OC)c1. The fraction of sp³-hybridized carbons (Fsp3) is 0.438. The maximum absolute atomic E-state index is 5.89. The summed E-state index contributed by atoms with van der Waals surface area (Å²) >= 11 is 0. The standard InChI is InChI=1S/C16H23N3O2/c1-12(2)19-11-18-9-14(19)10-21-15-6-5-13(8-17-3)7-16(15)20-4/h5-7,9,11-12,17H,8,10H2,1-4H3. The molecule has 1 N–H and O–H groups in total. The molecule has 114 valence electrons. The molecule has 0 spiro atoms. The monoisotopic (exact) mass is 289 g/mol. The molecule has 5 heteroatoms. The zero-order valence-electron chi connectivity index (χ0n) is 13.1. The Bertz CT molecular complexity index is 579. The predicted molar refractivity (Wildman–Crippen MR) is 82.7 cm³/mol. The number of benzene rings is 1. The number of hydrogen-bond acceptors (Lipinski definition) is 4. The molecule has 0 atom stereocenters. The van der Waals surface area contributed by atoms with Gasteiger partial charge in [0, 0.05) is 12.6 Å². The summed E-state index contributed by atoms with van der Waals surface area (Å²) in [6.07, 6.45) is 3.67. The van der Waals surface area contributed by atoms with Crippen LogP contribution in [0.25, 0.3) is 0 Å². The van der Waals surface area contributed by atoms with Gasteiger partial charge in [0.15, 0.2) is 11.5 Å². The van der Waals surface area contributed by atoms with Gasteiger partial charge in [0.2, 0.25) is 0 Å². The van der Waals surface area contributed by atoms with Crippen LogP contribution in [-0.4, -0.2) is 23.7 Å². The number of imidazole rings is 1. The van der Waals surface area contributed by atoms with Crippen LogP contribution in [0, 0.1) is 0 Å². The molecule has 1 aromatic carbocycles. The largest absolute Gasteiger partial charge is 0.493 e. The third kappa shape index (κ3) is 3.76. The van der Waals surface area contributed by atoms with Gasteiger partial charge in [-0.2, -0.15) is 0 Å². The molecule has 0 unspecified atom stereocenters. The number of nitrogens with one attached hydrogen (secondary N) is 1. The van der Waals surface area contributed by atoms with Crippen molar-refractivity contribution in [2.24, 2.45) is 0 Å². The van der Waals surface area contributed by atoms with Crippen molar-refractivity contribution in [3.8, 4) is 11.5 Å². The van der Waals surface area contributed by atoms with Gasteiger partial charge in [-0.15, -0.1) is 0 Å². The van der Waals surface area contributed by atoms with E-state index >= 15 is 0 Å². The summed E-state index contributed by atoms with van der Waals surface area (Å²) in [4.78, 5) is 4.18. The van der Waals surface area contributed by atoms with Crippen LogP contribution in [0.1, 0.15) is 31.1 Å². The molecular formula is C16H23N3O2. The highest BCUT2D eigenvalue weighted by Gasteiger charge is 2.09. The van der Waals surface area contributed by atoms with Crippen molar-refractivity contribution < 1.29 is 9.47 Å². The van der Waals surface area contributed by atoms with Crippen LogP contribution < -0.4 is 14.8 Å². The van der Waals surface area contributed by atoms with Crippen molar-refractivity contribution in [1.29, 1.82) is 0 Å². The zero-order chi connectivity index (χ0) is 15.2. The van der Waals surface area contributed by atoms with Crippen molar-refractivity contribution in [1.82, 2.24) is 14.9 Å². The van der Waals surface area contributed by atoms with Crippen molar-refractivity contribution in [3.63, 3.8) is 0 Å². The molecule has 0 fully saturated rings. The fourth-order valence-electron chi connectivity index (χ4n) is 2.21. The third-order valence-corrected chi connectivity index (χ3v) is 3.29. The van der Waals surface area contributed by atoms with Gasteiger partial charge in [-0.3, -0.25) is 0 Å². The number of ether oxygens (including phenoxy) is 2. The predicted octanol–water partition coefficient (Wildman–Crippen LogP) is 2.77. The second kappa shape index (κ2) is 7.13. The van der Waals surface area contributed by atoms with Gasteiger partial charge in [0.25, 0.3) is 0 Å². The van der Waals surface area contributed by atoms with E-state index in [9.17, 15) is 0 Å². The molecule has 2 rings (SSSR count). The number of aromatic nitrogens is 2. The lowest BCUT2D eigenvalue weighted by molar-refractivity contribution is 0.273. The minimum absolute atomic E-state index is 0.367. The highest BCUT2D eigenvalue weighted by molar-refractivity contribution is 5.43. The van der Waals surface area contributed by atoms with Crippen LogP contribution in [0.15, 0.2) is 30.7 Å². The van der Waals surface area contributed by atoms with Crippen LogP contribution in [0.5, 0.6) is 11.5 Å². The molecule has 0 saturated heterocycles. The Labute approximate surface area is 125 Å². The number of methoxy groups -OCH3 is 1. The van der Waals surface area contributed by atoms with Crippen molar-refractivity contribution in [2.75, 3.05) is 14.2 Å². The Morgan fingerprint density at radius 2 is 2.10 bits per heavy atom. The second-order valence-corrected chi connectivity index (χ2v) is 5.19. The van der Waals surface area contributed by atoms with Gasteiger partial charge in [0.05, 0.1) is 25.3 Å². The van der Waals surface area contributed by atoms with Gasteiger partial charge < -0.3 is 19.4 Å².